The molecule has 0 spiro atoms. The number of carbonyl (C=O) groups excluding carboxylic acids is 1. The van der Waals surface area contributed by atoms with Crippen LogP contribution in [0.15, 0.2) is 42.5 Å². The van der Waals surface area contributed by atoms with Crippen molar-refractivity contribution in [3.63, 3.8) is 0 Å². The molecule has 2 aromatic rings. The third-order valence-electron chi connectivity index (χ3n) is 5.83. The summed E-state index contributed by atoms with van der Waals surface area (Å²) in [5.41, 5.74) is 5.27. The van der Waals surface area contributed by atoms with Crippen LogP contribution in [0.1, 0.15) is 48.3 Å². The summed E-state index contributed by atoms with van der Waals surface area (Å²) in [6.07, 6.45) is 6.43. The highest BCUT2D eigenvalue weighted by Crippen LogP contribution is 2.38. The molecular weight excluding hydrogens is 310 g/mol. The van der Waals surface area contributed by atoms with Crippen LogP contribution in [-0.4, -0.2) is 24.5 Å². The molecule has 0 unspecified atom stereocenters. The summed E-state index contributed by atoms with van der Waals surface area (Å²) in [4.78, 5) is 13.3. The highest BCUT2D eigenvalue weighted by molar-refractivity contribution is 5.56. The van der Waals surface area contributed by atoms with Gasteiger partial charge >= 0.3 is 0 Å². The number of phenolic OH excluding ortho intramolecular Hbond substituents is 1. The Hall–Kier alpha value is -2.29. The Morgan fingerprint density at radius 1 is 1.00 bits per heavy atom. The summed E-state index contributed by atoms with van der Waals surface area (Å²) in [5, 5.41) is 9.73. The van der Waals surface area contributed by atoms with Gasteiger partial charge in [0.05, 0.1) is 0 Å². The topological polar surface area (TPSA) is 40.5 Å². The molecule has 1 fully saturated rings. The number of aromatic hydroxyl groups is 1. The standard InChI is InChI=1S/C22H25NO2/c24-15-16-10-12-23(13-11-16)19-6-4-17(5-7-19)21-3-1-2-18-14-20(25)8-9-22(18)21/h4-9,14-16,21,25H,1-3,10-13H2/t21-/m1/s1. The molecule has 0 bridgehead atoms. The Morgan fingerprint density at radius 3 is 2.48 bits per heavy atom. The lowest BCUT2D eigenvalue weighted by molar-refractivity contribution is -0.111. The lowest BCUT2D eigenvalue weighted by Gasteiger charge is -2.32. The number of anilines is 1. The van der Waals surface area contributed by atoms with E-state index < -0.39 is 0 Å². The largest absolute Gasteiger partial charge is 0.508 e. The third kappa shape index (κ3) is 3.28. The molecule has 3 nitrogen and oxygen atoms in total. The van der Waals surface area contributed by atoms with E-state index in [1.165, 1.54) is 35.2 Å². The fraction of sp³-hybridized carbons (Fsp3) is 0.409. The molecule has 0 radical (unpaired) electrons. The summed E-state index contributed by atoms with van der Waals surface area (Å²) in [6, 6.07) is 14.8. The Bertz CT molecular complexity index is 745. The van der Waals surface area contributed by atoms with Crippen molar-refractivity contribution in [2.24, 2.45) is 5.92 Å². The van der Waals surface area contributed by atoms with Crippen LogP contribution in [0.2, 0.25) is 0 Å². The van der Waals surface area contributed by atoms with Crippen molar-refractivity contribution >= 4 is 12.0 Å². The normalized spacial score (nSPS) is 21.0. The van der Waals surface area contributed by atoms with Crippen molar-refractivity contribution in [3.05, 3.63) is 59.2 Å². The van der Waals surface area contributed by atoms with E-state index in [1.807, 2.05) is 12.1 Å². The van der Waals surface area contributed by atoms with Crippen molar-refractivity contribution < 1.29 is 9.90 Å². The molecule has 1 atom stereocenters. The second-order valence-corrected chi connectivity index (χ2v) is 7.38. The molecule has 3 heteroatoms. The zero-order valence-corrected chi connectivity index (χ0v) is 14.5. The van der Waals surface area contributed by atoms with Crippen molar-refractivity contribution in [1.29, 1.82) is 0 Å². The van der Waals surface area contributed by atoms with E-state index in [9.17, 15) is 9.90 Å². The van der Waals surface area contributed by atoms with Gasteiger partial charge in [-0.05, 0) is 73.1 Å². The van der Waals surface area contributed by atoms with Gasteiger partial charge in [-0.3, -0.25) is 0 Å². The highest BCUT2D eigenvalue weighted by atomic mass is 16.3. The summed E-state index contributed by atoms with van der Waals surface area (Å²) in [7, 11) is 0. The van der Waals surface area contributed by atoms with Gasteiger partial charge in [-0.15, -0.1) is 0 Å². The molecule has 2 aromatic carbocycles. The number of aldehydes is 1. The molecule has 0 amide bonds. The van der Waals surface area contributed by atoms with E-state index in [1.54, 1.807) is 0 Å². The SMILES string of the molecule is O=CC1CCN(c2ccc([C@H]3CCCc4cc(O)ccc43)cc2)CC1. The zero-order chi connectivity index (χ0) is 17.2. The van der Waals surface area contributed by atoms with Gasteiger partial charge in [0.25, 0.3) is 0 Å². The second kappa shape index (κ2) is 6.91. The average Bonchev–Trinajstić information content (AvgIpc) is 2.67. The van der Waals surface area contributed by atoms with Gasteiger partial charge < -0.3 is 14.8 Å². The molecule has 1 aliphatic heterocycles. The fourth-order valence-corrected chi connectivity index (χ4v) is 4.36. The van der Waals surface area contributed by atoms with Crippen molar-refractivity contribution in [2.45, 2.75) is 38.0 Å². The van der Waals surface area contributed by atoms with Gasteiger partial charge in [0, 0.05) is 30.6 Å². The number of hydrogen-bond donors (Lipinski definition) is 1. The lowest BCUT2D eigenvalue weighted by Crippen LogP contribution is -2.34. The number of hydrogen-bond acceptors (Lipinski definition) is 3. The van der Waals surface area contributed by atoms with Crippen LogP contribution in [0.3, 0.4) is 0 Å². The first kappa shape index (κ1) is 16.2. The van der Waals surface area contributed by atoms with Gasteiger partial charge in [0.2, 0.25) is 0 Å². The molecule has 1 aliphatic carbocycles. The van der Waals surface area contributed by atoms with Gasteiger partial charge in [-0.2, -0.15) is 0 Å². The van der Waals surface area contributed by atoms with Gasteiger partial charge in [-0.1, -0.05) is 18.2 Å². The van der Waals surface area contributed by atoms with Gasteiger partial charge in [0.15, 0.2) is 0 Å². The number of aryl methyl sites for hydroxylation is 1. The Balaban J connectivity index is 1.53. The van der Waals surface area contributed by atoms with Crippen LogP contribution in [0, 0.1) is 5.92 Å². The molecule has 0 aromatic heterocycles. The van der Waals surface area contributed by atoms with Crippen LogP contribution in [0.4, 0.5) is 5.69 Å². The molecule has 0 saturated carbocycles. The third-order valence-corrected chi connectivity index (χ3v) is 5.83. The smallest absolute Gasteiger partial charge is 0.123 e. The van der Waals surface area contributed by atoms with Crippen LogP contribution in [-0.2, 0) is 11.2 Å². The average molecular weight is 335 g/mol. The van der Waals surface area contributed by atoms with E-state index in [2.05, 4.69) is 35.2 Å². The predicted octanol–water partition coefficient (Wildman–Crippen LogP) is 4.28. The molecule has 1 saturated heterocycles. The highest BCUT2D eigenvalue weighted by Gasteiger charge is 2.23. The first-order valence-corrected chi connectivity index (χ1v) is 9.36. The van der Waals surface area contributed by atoms with Crippen LogP contribution in [0.5, 0.6) is 5.75 Å². The van der Waals surface area contributed by atoms with E-state index in [0.717, 1.165) is 38.6 Å². The Labute approximate surface area is 149 Å². The molecule has 2 aliphatic rings. The quantitative estimate of drug-likeness (QED) is 0.851. The van der Waals surface area contributed by atoms with Crippen molar-refractivity contribution in [1.82, 2.24) is 0 Å². The molecular formula is C22H25NO2. The van der Waals surface area contributed by atoms with Crippen LogP contribution < -0.4 is 4.90 Å². The first-order chi connectivity index (χ1) is 12.2. The number of rotatable bonds is 3. The zero-order valence-electron chi connectivity index (χ0n) is 14.5. The summed E-state index contributed by atoms with van der Waals surface area (Å²) < 4.78 is 0. The van der Waals surface area contributed by atoms with E-state index >= 15 is 0 Å². The summed E-state index contributed by atoms with van der Waals surface area (Å²) in [5.74, 6) is 1.04. The van der Waals surface area contributed by atoms with Crippen LogP contribution in [0.25, 0.3) is 0 Å². The van der Waals surface area contributed by atoms with Crippen molar-refractivity contribution in [3.8, 4) is 5.75 Å². The van der Waals surface area contributed by atoms with Gasteiger partial charge in [-0.25, -0.2) is 0 Å². The maximum atomic E-state index is 10.9. The molecule has 1 N–H and O–H groups in total. The Kier molecular flexibility index (Phi) is 4.48. The number of fused-ring (bicyclic) bond motifs is 1. The maximum absolute atomic E-state index is 10.9. The lowest BCUT2D eigenvalue weighted by atomic mass is 9.79. The number of carbonyl (C=O) groups is 1. The number of benzene rings is 2. The minimum Gasteiger partial charge on any atom is -0.508 e. The Morgan fingerprint density at radius 2 is 1.76 bits per heavy atom. The summed E-state index contributed by atoms with van der Waals surface area (Å²) in [6.45, 7) is 1.93. The monoisotopic (exact) mass is 335 g/mol. The van der Waals surface area contributed by atoms with Crippen LogP contribution >= 0.6 is 0 Å². The molecule has 4 rings (SSSR count). The fourth-order valence-electron chi connectivity index (χ4n) is 4.36. The summed E-state index contributed by atoms with van der Waals surface area (Å²) >= 11 is 0. The first-order valence-electron chi connectivity index (χ1n) is 9.36. The molecule has 1 heterocycles. The van der Waals surface area contributed by atoms with Gasteiger partial charge in [0.1, 0.15) is 12.0 Å². The van der Waals surface area contributed by atoms with E-state index in [0.29, 0.717) is 11.7 Å². The number of piperidine rings is 1. The minimum atomic E-state index is 0.241. The van der Waals surface area contributed by atoms with E-state index in [4.69, 9.17) is 0 Å². The van der Waals surface area contributed by atoms with E-state index in [-0.39, 0.29) is 5.92 Å². The second-order valence-electron chi connectivity index (χ2n) is 7.38. The molecule has 130 valence electrons. The number of phenols is 1. The predicted molar refractivity (Wildman–Crippen MR) is 100 cm³/mol. The number of nitrogens with zero attached hydrogens (tertiary/aromatic N) is 1. The maximum Gasteiger partial charge on any atom is 0.123 e. The molecule has 25 heavy (non-hydrogen) atoms. The van der Waals surface area contributed by atoms with Crippen molar-refractivity contribution in [2.75, 3.05) is 18.0 Å². The minimum absolute atomic E-state index is 0.241.